The molecule has 0 bridgehead atoms. The summed E-state index contributed by atoms with van der Waals surface area (Å²) in [5, 5.41) is 14.5. The lowest BCUT2D eigenvalue weighted by molar-refractivity contribution is -0.384. The summed E-state index contributed by atoms with van der Waals surface area (Å²) < 4.78 is 0. The van der Waals surface area contributed by atoms with Crippen molar-refractivity contribution in [2.45, 2.75) is 19.4 Å². The molecule has 138 valence electrons. The molecule has 0 aliphatic carbocycles. The van der Waals surface area contributed by atoms with Gasteiger partial charge in [0.15, 0.2) is 0 Å². The summed E-state index contributed by atoms with van der Waals surface area (Å²) in [4.78, 5) is 24.1. The van der Waals surface area contributed by atoms with Crippen LogP contribution in [-0.4, -0.2) is 36.4 Å². The Morgan fingerprint density at radius 2 is 1.88 bits per heavy atom. The number of carbonyl (C=O) groups is 1. The molecule has 0 heterocycles. The fourth-order valence-corrected chi connectivity index (χ4v) is 2.77. The van der Waals surface area contributed by atoms with Crippen LogP contribution in [0, 0.1) is 10.1 Å². The standard InChI is InChI=1S/C19H24N4O3/c1-4-13-5-7-14(8-6-13)18(22(2)3)12-21-16-10-9-15(19(20)24)11-17(16)23(25)26/h5-11,18,21H,4,12H2,1-3H3,(H2,20,24). The summed E-state index contributed by atoms with van der Waals surface area (Å²) in [5.41, 5.74) is 7.89. The van der Waals surface area contributed by atoms with Gasteiger partial charge in [-0.3, -0.25) is 14.9 Å². The number of aryl methyl sites for hydroxylation is 1. The minimum Gasteiger partial charge on any atom is -0.378 e. The normalized spacial score (nSPS) is 12.0. The molecule has 0 aromatic heterocycles. The molecule has 3 N–H and O–H groups in total. The van der Waals surface area contributed by atoms with E-state index in [4.69, 9.17) is 5.73 Å². The molecular formula is C19H24N4O3. The van der Waals surface area contributed by atoms with Crippen molar-refractivity contribution in [3.63, 3.8) is 0 Å². The van der Waals surface area contributed by atoms with Gasteiger partial charge in [-0.1, -0.05) is 31.2 Å². The van der Waals surface area contributed by atoms with Gasteiger partial charge >= 0.3 is 0 Å². The number of carbonyl (C=O) groups excluding carboxylic acids is 1. The van der Waals surface area contributed by atoms with Crippen LogP contribution in [0.15, 0.2) is 42.5 Å². The van der Waals surface area contributed by atoms with Crippen molar-refractivity contribution in [3.05, 3.63) is 69.3 Å². The van der Waals surface area contributed by atoms with Crippen molar-refractivity contribution in [1.82, 2.24) is 4.90 Å². The Bertz CT molecular complexity index is 788. The van der Waals surface area contributed by atoms with Crippen molar-refractivity contribution >= 4 is 17.3 Å². The summed E-state index contributed by atoms with van der Waals surface area (Å²) in [6, 6.07) is 12.6. The predicted octanol–water partition coefficient (Wildman–Crippen LogP) is 2.97. The minimum atomic E-state index is -0.693. The van der Waals surface area contributed by atoms with Crippen LogP contribution in [0.4, 0.5) is 11.4 Å². The highest BCUT2D eigenvalue weighted by Gasteiger charge is 2.19. The van der Waals surface area contributed by atoms with Crippen molar-refractivity contribution in [2.24, 2.45) is 5.73 Å². The van der Waals surface area contributed by atoms with Gasteiger partial charge in [-0.2, -0.15) is 0 Å². The Morgan fingerprint density at radius 1 is 1.23 bits per heavy atom. The molecule has 1 atom stereocenters. The number of nitrogens with one attached hydrogen (secondary N) is 1. The zero-order chi connectivity index (χ0) is 19.3. The highest BCUT2D eigenvalue weighted by Crippen LogP contribution is 2.27. The number of primary amides is 1. The number of benzene rings is 2. The average Bonchev–Trinajstić information content (AvgIpc) is 2.62. The first-order valence-electron chi connectivity index (χ1n) is 8.40. The van der Waals surface area contributed by atoms with Crippen LogP contribution in [0.1, 0.15) is 34.5 Å². The maximum Gasteiger partial charge on any atom is 0.293 e. The average molecular weight is 356 g/mol. The highest BCUT2D eigenvalue weighted by molar-refractivity contribution is 5.94. The molecule has 1 amide bonds. The van der Waals surface area contributed by atoms with Gasteiger partial charge in [-0.25, -0.2) is 0 Å². The van der Waals surface area contributed by atoms with Gasteiger partial charge in [0.05, 0.1) is 11.0 Å². The fraction of sp³-hybridized carbons (Fsp3) is 0.316. The smallest absolute Gasteiger partial charge is 0.293 e. The summed E-state index contributed by atoms with van der Waals surface area (Å²) in [6.45, 7) is 2.59. The number of anilines is 1. The maximum absolute atomic E-state index is 11.3. The number of hydrogen-bond donors (Lipinski definition) is 2. The lowest BCUT2D eigenvalue weighted by Gasteiger charge is -2.25. The van der Waals surface area contributed by atoms with E-state index in [1.165, 1.54) is 23.8 Å². The van der Waals surface area contributed by atoms with Crippen LogP contribution in [0.25, 0.3) is 0 Å². The Morgan fingerprint density at radius 3 is 2.38 bits per heavy atom. The highest BCUT2D eigenvalue weighted by atomic mass is 16.6. The van der Waals surface area contributed by atoms with Gasteiger partial charge in [-0.05, 0) is 43.8 Å². The number of amides is 1. The van der Waals surface area contributed by atoms with Gasteiger partial charge in [-0.15, -0.1) is 0 Å². The fourth-order valence-electron chi connectivity index (χ4n) is 2.77. The third-order valence-electron chi connectivity index (χ3n) is 4.36. The number of nitro groups is 1. The molecule has 0 aliphatic heterocycles. The summed E-state index contributed by atoms with van der Waals surface area (Å²) >= 11 is 0. The minimum absolute atomic E-state index is 0.0383. The molecule has 0 fully saturated rings. The maximum atomic E-state index is 11.3. The second-order valence-corrected chi connectivity index (χ2v) is 6.31. The topological polar surface area (TPSA) is 101 Å². The third kappa shape index (κ3) is 4.58. The van der Waals surface area contributed by atoms with Gasteiger partial charge < -0.3 is 16.0 Å². The van der Waals surface area contributed by atoms with Crippen LogP contribution in [-0.2, 0) is 6.42 Å². The van der Waals surface area contributed by atoms with Gasteiger partial charge in [0.25, 0.3) is 5.69 Å². The number of hydrogen-bond acceptors (Lipinski definition) is 5. The first-order chi connectivity index (χ1) is 12.3. The van der Waals surface area contributed by atoms with Gasteiger partial charge in [0, 0.05) is 18.2 Å². The SMILES string of the molecule is CCc1ccc(C(CNc2ccc(C(N)=O)cc2[N+](=O)[O-])N(C)C)cc1. The van der Waals surface area contributed by atoms with Crippen molar-refractivity contribution in [2.75, 3.05) is 26.0 Å². The van der Waals surface area contributed by atoms with E-state index in [0.717, 1.165) is 12.0 Å². The van der Waals surface area contributed by atoms with E-state index in [9.17, 15) is 14.9 Å². The molecule has 0 spiro atoms. The molecule has 0 saturated heterocycles. The Kier molecular flexibility index (Phi) is 6.30. The molecule has 0 aliphatic rings. The Labute approximate surface area is 153 Å². The molecule has 7 nitrogen and oxygen atoms in total. The zero-order valence-electron chi connectivity index (χ0n) is 15.2. The second-order valence-electron chi connectivity index (χ2n) is 6.31. The number of nitro benzene ring substituents is 1. The molecule has 2 rings (SSSR count). The van der Waals surface area contributed by atoms with Crippen molar-refractivity contribution in [3.8, 4) is 0 Å². The molecule has 2 aromatic rings. The third-order valence-corrected chi connectivity index (χ3v) is 4.36. The summed E-state index contributed by atoms with van der Waals surface area (Å²) in [5.74, 6) is -0.693. The lowest BCUT2D eigenvalue weighted by atomic mass is 10.0. The van der Waals surface area contributed by atoms with Crippen LogP contribution >= 0.6 is 0 Å². The van der Waals surface area contributed by atoms with Crippen molar-refractivity contribution in [1.29, 1.82) is 0 Å². The Hall–Kier alpha value is -2.93. The molecule has 1 unspecified atom stereocenters. The van der Waals surface area contributed by atoms with Crippen LogP contribution in [0.2, 0.25) is 0 Å². The largest absolute Gasteiger partial charge is 0.378 e. The second kappa shape index (κ2) is 8.44. The number of likely N-dealkylation sites (N-methyl/N-ethyl adjacent to an activating group) is 1. The lowest BCUT2D eigenvalue weighted by Crippen LogP contribution is -2.27. The molecule has 7 heteroatoms. The van der Waals surface area contributed by atoms with Crippen molar-refractivity contribution < 1.29 is 9.72 Å². The molecule has 2 aromatic carbocycles. The van der Waals surface area contributed by atoms with E-state index in [-0.39, 0.29) is 17.3 Å². The monoisotopic (exact) mass is 356 g/mol. The molecule has 0 radical (unpaired) electrons. The van der Waals surface area contributed by atoms with E-state index >= 15 is 0 Å². The Balaban J connectivity index is 2.23. The van der Waals surface area contributed by atoms with E-state index < -0.39 is 10.8 Å². The van der Waals surface area contributed by atoms with Crippen LogP contribution in [0.3, 0.4) is 0 Å². The van der Waals surface area contributed by atoms with Crippen LogP contribution < -0.4 is 11.1 Å². The van der Waals surface area contributed by atoms with Gasteiger partial charge in [0.1, 0.15) is 5.69 Å². The summed E-state index contributed by atoms with van der Waals surface area (Å²) in [6.07, 6.45) is 0.976. The first kappa shape index (κ1) is 19.4. The number of nitrogens with zero attached hydrogens (tertiary/aromatic N) is 2. The van der Waals surface area contributed by atoms with E-state index in [2.05, 4.69) is 41.4 Å². The molecule has 26 heavy (non-hydrogen) atoms. The van der Waals surface area contributed by atoms with E-state index in [1.807, 2.05) is 14.1 Å². The molecular weight excluding hydrogens is 332 g/mol. The number of rotatable bonds is 8. The van der Waals surface area contributed by atoms with E-state index in [0.29, 0.717) is 12.2 Å². The quantitative estimate of drug-likeness (QED) is 0.559. The molecule has 0 saturated carbocycles. The van der Waals surface area contributed by atoms with E-state index in [1.54, 1.807) is 0 Å². The van der Waals surface area contributed by atoms with Gasteiger partial charge in [0.2, 0.25) is 5.91 Å². The zero-order valence-corrected chi connectivity index (χ0v) is 15.2. The summed E-state index contributed by atoms with van der Waals surface area (Å²) in [7, 11) is 3.93. The number of nitrogens with two attached hydrogens (primary N) is 1. The first-order valence-corrected chi connectivity index (χ1v) is 8.40. The predicted molar refractivity (Wildman–Crippen MR) is 102 cm³/mol. The van der Waals surface area contributed by atoms with Crippen LogP contribution in [0.5, 0.6) is 0 Å².